The van der Waals surface area contributed by atoms with Gasteiger partial charge in [0.05, 0.1) is 38.3 Å². The van der Waals surface area contributed by atoms with Gasteiger partial charge in [0.15, 0.2) is 5.82 Å². The Kier molecular flexibility index (Phi) is 8.96. The molecule has 41 heavy (non-hydrogen) atoms. The smallest absolute Gasteiger partial charge is 0.231 e. The summed E-state index contributed by atoms with van der Waals surface area (Å²) in [4.78, 5) is 27.2. The van der Waals surface area contributed by atoms with Crippen molar-refractivity contribution in [1.82, 2.24) is 19.8 Å². The molecule has 0 aliphatic carbocycles. The third kappa shape index (κ3) is 6.92. The minimum atomic E-state index is -0.316. The van der Waals surface area contributed by atoms with Crippen molar-refractivity contribution in [3.05, 3.63) is 52.7 Å². The average Bonchev–Trinajstić information content (AvgIpc) is 3.16. The Morgan fingerprint density at radius 1 is 0.951 bits per heavy atom. The molecule has 0 radical (unpaired) electrons. The molecule has 0 saturated carbocycles. The zero-order valence-corrected chi connectivity index (χ0v) is 24.5. The Hall–Kier alpha value is -3.80. The Balaban J connectivity index is 1.34. The summed E-state index contributed by atoms with van der Waals surface area (Å²) in [5.41, 5.74) is 10.4. The SMILES string of the molecule is COc1cc2c(cc1Nc1ncc(Cl)c(Nc3ccc(N4CCN(C)CC4)cc3OC)n1)CCN(CC(N)=O)CC2. The van der Waals surface area contributed by atoms with E-state index in [1.807, 2.05) is 18.2 Å². The molecule has 2 aromatic carbocycles. The van der Waals surface area contributed by atoms with Crippen LogP contribution in [0.3, 0.4) is 0 Å². The lowest BCUT2D eigenvalue weighted by atomic mass is 10.0. The Morgan fingerprint density at radius 2 is 1.63 bits per heavy atom. The second kappa shape index (κ2) is 12.8. The van der Waals surface area contributed by atoms with Crippen molar-refractivity contribution < 1.29 is 14.3 Å². The Labute approximate surface area is 245 Å². The largest absolute Gasteiger partial charge is 0.495 e. The second-order valence-corrected chi connectivity index (χ2v) is 10.8. The summed E-state index contributed by atoms with van der Waals surface area (Å²) in [6.45, 7) is 5.76. The van der Waals surface area contributed by atoms with Crippen molar-refractivity contribution in [2.45, 2.75) is 12.8 Å². The number of aromatic nitrogens is 2. The molecule has 1 amide bonds. The number of hydrogen-bond donors (Lipinski definition) is 3. The zero-order chi connectivity index (χ0) is 28.9. The van der Waals surface area contributed by atoms with Gasteiger partial charge in [0, 0.05) is 51.0 Å². The van der Waals surface area contributed by atoms with Crippen LogP contribution in [0.25, 0.3) is 0 Å². The zero-order valence-electron chi connectivity index (χ0n) is 23.7. The van der Waals surface area contributed by atoms with Crippen LogP contribution in [-0.4, -0.2) is 92.8 Å². The summed E-state index contributed by atoms with van der Waals surface area (Å²) in [7, 11) is 5.43. The fourth-order valence-corrected chi connectivity index (χ4v) is 5.39. The number of primary amides is 1. The molecule has 3 aromatic rings. The highest BCUT2D eigenvalue weighted by atomic mass is 35.5. The minimum Gasteiger partial charge on any atom is -0.495 e. The van der Waals surface area contributed by atoms with Gasteiger partial charge in [-0.3, -0.25) is 9.69 Å². The molecule has 2 aliphatic rings. The van der Waals surface area contributed by atoms with E-state index in [0.29, 0.717) is 28.3 Å². The van der Waals surface area contributed by atoms with Crippen LogP contribution in [0, 0.1) is 0 Å². The first-order chi connectivity index (χ1) is 19.8. The number of piperazine rings is 1. The number of rotatable bonds is 9. The second-order valence-electron chi connectivity index (χ2n) is 10.4. The van der Waals surface area contributed by atoms with Gasteiger partial charge < -0.3 is 35.6 Å². The number of likely N-dealkylation sites (N-methyl/N-ethyl adjacent to an activating group) is 1. The third-order valence-corrected chi connectivity index (χ3v) is 7.87. The molecule has 0 bridgehead atoms. The molecule has 1 saturated heterocycles. The molecule has 5 rings (SSSR count). The minimum absolute atomic E-state index is 0.258. The van der Waals surface area contributed by atoms with E-state index >= 15 is 0 Å². The van der Waals surface area contributed by atoms with Crippen molar-refractivity contribution in [2.75, 3.05) is 82.6 Å². The highest BCUT2D eigenvalue weighted by molar-refractivity contribution is 6.33. The number of anilines is 5. The first kappa shape index (κ1) is 28.7. The number of nitrogens with zero attached hydrogens (tertiary/aromatic N) is 5. The van der Waals surface area contributed by atoms with Gasteiger partial charge in [-0.25, -0.2) is 4.98 Å². The maximum Gasteiger partial charge on any atom is 0.231 e. The van der Waals surface area contributed by atoms with Crippen LogP contribution in [0.15, 0.2) is 36.5 Å². The van der Waals surface area contributed by atoms with E-state index < -0.39 is 0 Å². The van der Waals surface area contributed by atoms with E-state index in [-0.39, 0.29) is 12.5 Å². The average molecular weight is 581 g/mol. The van der Waals surface area contributed by atoms with Gasteiger partial charge in [-0.2, -0.15) is 4.98 Å². The van der Waals surface area contributed by atoms with Crippen molar-refractivity contribution in [3.63, 3.8) is 0 Å². The van der Waals surface area contributed by atoms with Crippen molar-refractivity contribution in [2.24, 2.45) is 5.73 Å². The van der Waals surface area contributed by atoms with Crippen LogP contribution in [0.4, 0.5) is 28.8 Å². The number of ether oxygens (including phenoxy) is 2. The van der Waals surface area contributed by atoms with Crippen LogP contribution in [0.2, 0.25) is 5.02 Å². The van der Waals surface area contributed by atoms with E-state index in [1.165, 1.54) is 11.1 Å². The number of carbonyl (C=O) groups excluding carboxylic acids is 1. The number of amides is 1. The molecule has 3 heterocycles. The molecule has 2 aliphatic heterocycles. The molecule has 1 aromatic heterocycles. The van der Waals surface area contributed by atoms with Crippen LogP contribution >= 0.6 is 11.6 Å². The standard InChI is InChI=1S/C29H37ClN8O3/c1-36-10-12-38(13-11-36)21-4-5-23(26(16-21)41-3)33-28-22(30)17-32-29(35-28)34-24-14-19-6-8-37(18-27(31)39)9-7-20(19)15-25(24)40-2/h4-5,14-17H,6-13,18H2,1-3H3,(H2,31,39)(H2,32,33,34,35). The molecule has 4 N–H and O–H groups in total. The number of carbonyl (C=O) groups is 1. The number of benzene rings is 2. The van der Waals surface area contributed by atoms with Crippen molar-refractivity contribution >= 4 is 46.3 Å². The fraction of sp³-hybridized carbons (Fsp3) is 0.414. The van der Waals surface area contributed by atoms with Gasteiger partial charge in [-0.15, -0.1) is 0 Å². The number of fused-ring (bicyclic) bond motifs is 1. The molecular weight excluding hydrogens is 544 g/mol. The number of nitrogens with one attached hydrogen (secondary N) is 2. The van der Waals surface area contributed by atoms with Crippen LogP contribution < -0.4 is 30.7 Å². The fourth-order valence-electron chi connectivity index (χ4n) is 5.25. The van der Waals surface area contributed by atoms with Gasteiger partial charge >= 0.3 is 0 Å². The van der Waals surface area contributed by atoms with Gasteiger partial charge in [0.25, 0.3) is 0 Å². The molecular formula is C29H37ClN8O3. The van der Waals surface area contributed by atoms with Crippen molar-refractivity contribution in [1.29, 1.82) is 0 Å². The summed E-state index contributed by atoms with van der Waals surface area (Å²) in [5.74, 6) is 1.88. The van der Waals surface area contributed by atoms with Gasteiger partial charge in [-0.05, 0) is 55.3 Å². The van der Waals surface area contributed by atoms with Crippen LogP contribution in [0.1, 0.15) is 11.1 Å². The predicted octanol–water partition coefficient (Wildman–Crippen LogP) is 3.27. The van der Waals surface area contributed by atoms with E-state index in [2.05, 4.69) is 54.5 Å². The Morgan fingerprint density at radius 3 is 2.32 bits per heavy atom. The molecule has 0 atom stereocenters. The number of halogens is 1. The predicted molar refractivity (Wildman–Crippen MR) is 162 cm³/mol. The lowest BCUT2D eigenvalue weighted by molar-refractivity contribution is -0.119. The van der Waals surface area contributed by atoms with Gasteiger partial charge in [0.2, 0.25) is 11.9 Å². The lowest BCUT2D eigenvalue weighted by Gasteiger charge is -2.34. The summed E-state index contributed by atoms with van der Waals surface area (Å²) >= 11 is 6.50. The monoisotopic (exact) mass is 580 g/mol. The quantitative estimate of drug-likeness (QED) is 0.348. The topological polar surface area (TPSA) is 121 Å². The van der Waals surface area contributed by atoms with Crippen LogP contribution in [0.5, 0.6) is 11.5 Å². The third-order valence-electron chi connectivity index (χ3n) is 7.59. The molecule has 11 nitrogen and oxygen atoms in total. The maximum atomic E-state index is 11.4. The van der Waals surface area contributed by atoms with E-state index in [0.717, 1.165) is 69.2 Å². The van der Waals surface area contributed by atoms with Crippen LogP contribution in [-0.2, 0) is 17.6 Å². The van der Waals surface area contributed by atoms with E-state index in [1.54, 1.807) is 20.4 Å². The van der Waals surface area contributed by atoms with Gasteiger partial charge in [-0.1, -0.05) is 11.6 Å². The lowest BCUT2D eigenvalue weighted by Crippen LogP contribution is -2.44. The normalized spacial score (nSPS) is 16.0. The summed E-state index contributed by atoms with van der Waals surface area (Å²) < 4.78 is 11.4. The first-order valence-electron chi connectivity index (χ1n) is 13.7. The van der Waals surface area contributed by atoms with Gasteiger partial charge in [0.1, 0.15) is 16.5 Å². The number of hydrogen-bond acceptors (Lipinski definition) is 10. The highest BCUT2D eigenvalue weighted by Crippen LogP contribution is 2.36. The molecule has 12 heteroatoms. The molecule has 0 unspecified atom stereocenters. The molecule has 0 spiro atoms. The van der Waals surface area contributed by atoms with Crippen molar-refractivity contribution in [3.8, 4) is 11.5 Å². The summed E-state index contributed by atoms with van der Waals surface area (Å²) in [6, 6.07) is 10.2. The summed E-state index contributed by atoms with van der Waals surface area (Å²) in [6.07, 6.45) is 3.15. The first-order valence-corrected chi connectivity index (χ1v) is 14.1. The highest BCUT2D eigenvalue weighted by Gasteiger charge is 2.20. The maximum absolute atomic E-state index is 11.4. The molecule has 218 valence electrons. The summed E-state index contributed by atoms with van der Waals surface area (Å²) in [5, 5.41) is 6.99. The van der Waals surface area contributed by atoms with E-state index in [4.69, 9.17) is 26.8 Å². The molecule has 1 fully saturated rings. The number of nitrogens with two attached hydrogens (primary N) is 1. The number of methoxy groups -OCH3 is 2. The van der Waals surface area contributed by atoms with E-state index in [9.17, 15) is 4.79 Å². The Bertz CT molecular complexity index is 1400.